The van der Waals surface area contributed by atoms with Crippen molar-refractivity contribution in [3.63, 3.8) is 0 Å². The minimum atomic E-state index is -0.420. The van der Waals surface area contributed by atoms with Gasteiger partial charge in [0.05, 0.1) is 33.0 Å². The third kappa shape index (κ3) is 3.58. The molecule has 2 atom stereocenters. The molecule has 0 radical (unpaired) electrons. The van der Waals surface area contributed by atoms with Crippen molar-refractivity contribution in [1.82, 2.24) is 4.90 Å². The number of para-hydroxylation sites is 1. The van der Waals surface area contributed by atoms with Crippen molar-refractivity contribution in [2.45, 2.75) is 25.1 Å². The molecule has 0 bridgehead atoms. The molecular weight excluding hydrogens is 372 g/mol. The Hall–Kier alpha value is -2.93. The van der Waals surface area contributed by atoms with Crippen LogP contribution in [0.1, 0.15) is 34.9 Å². The molecule has 7 heteroatoms. The van der Waals surface area contributed by atoms with E-state index in [2.05, 4.69) is 5.32 Å². The minimum Gasteiger partial charge on any atom is -0.496 e. The number of nitrogens with zero attached hydrogens (tertiary/aromatic N) is 1. The minimum absolute atomic E-state index is 0.0275. The van der Waals surface area contributed by atoms with E-state index in [9.17, 15) is 4.79 Å². The normalized spacial score (nSPS) is 20.8. The number of ether oxygens (including phenoxy) is 4. The van der Waals surface area contributed by atoms with E-state index in [0.717, 1.165) is 30.7 Å². The summed E-state index contributed by atoms with van der Waals surface area (Å²) in [6.45, 7) is 1.24. The molecule has 1 fully saturated rings. The maximum Gasteiger partial charge on any atom is 0.257 e. The summed E-state index contributed by atoms with van der Waals surface area (Å²) in [6.07, 6.45) is 1.57. The van der Waals surface area contributed by atoms with Gasteiger partial charge >= 0.3 is 0 Å². The summed E-state index contributed by atoms with van der Waals surface area (Å²) in [5.74, 6) is 1.73. The standard InChI is InChI=1S/C22H26N2O5/c1-26-18-12-20(28-3)19(27-2)11-16(18)21-23-17-9-5-4-8-15(17)22(25)24(21)13-14-7-6-10-29-14/h4-5,8-9,11-12,14,21,23H,6-7,10,13H2,1-3H3/t14-,21+/m1/s1. The maximum atomic E-state index is 13.4. The van der Waals surface area contributed by atoms with Gasteiger partial charge < -0.3 is 29.2 Å². The highest BCUT2D eigenvalue weighted by atomic mass is 16.5. The van der Waals surface area contributed by atoms with Gasteiger partial charge in [-0.25, -0.2) is 0 Å². The number of fused-ring (bicyclic) bond motifs is 1. The second-order valence-electron chi connectivity index (χ2n) is 7.13. The fraction of sp³-hybridized carbons (Fsp3) is 0.409. The average Bonchev–Trinajstić information content (AvgIpc) is 3.28. The number of hydrogen-bond donors (Lipinski definition) is 1. The first kappa shape index (κ1) is 19.4. The Kier molecular flexibility index (Phi) is 5.49. The van der Waals surface area contributed by atoms with Crippen molar-refractivity contribution in [3.8, 4) is 17.2 Å². The SMILES string of the molecule is COc1cc(OC)c([C@H]2Nc3ccccc3C(=O)N2C[C@H]2CCCO2)cc1OC. The number of amides is 1. The number of benzene rings is 2. The monoisotopic (exact) mass is 398 g/mol. The molecule has 2 aromatic rings. The van der Waals surface area contributed by atoms with E-state index >= 15 is 0 Å². The zero-order valence-corrected chi connectivity index (χ0v) is 16.9. The Morgan fingerprint density at radius 3 is 2.48 bits per heavy atom. The van der Waals surface area contributed by atoms with E-state index in [4.69, 9.17) is 18.9 Å². The molecule has 2 aromatic carbocycles. The summed E-state index contributed by atoms with van der Waals surface area (Å²) in [4.78, 5) is 15.2. The average molecular weight is 398 g/mol. The van der Waals surface area contributed by atoms with Crippen LogP contribution in [0.4, 0.5) is 5.69 Å². The van der Waals surface area contributed by atoms with Crippen LogP contribution < -0.4 is 19.5 Å². The summed E-state index contributed by atoms with van der Waals surface area (Å²) < 4.78 is 22.4. The van der Waals surface area contributed by atoms with Gasteiger partial charge in [-0.1, -0.05) is 12.1 Å². The fourth-order valence-electron chi connectivity index (χ4n) is 4.00. The van der Waals surface area contributed by atoms with Crippen molar-refractivity contribution in [2.24, 2.45) is 0 Å². The molecule has 154 valence electrons. The molecule has 2 aliphatic heterocycles. The molecule has 0 aliphatic carbocycles. The lowest BCUT2D eigenvalue weighted by molar-refractivity contribution is 0.0424. The van der Waals surface area contributed by atoms with Gasteiger partial charge in [0, 0.05) is 30.5 Å². The lowest BCUT2D eigenvalue weighted by Gasteiger charge is -2.39. The second kappa shape index (κ2) is 8.21. The van der Waals surface area contributed by atoms with Crippen LogP contribution in [0.5, 0.6) is 17.2 Å². The molecule has 4 rings (SSSR count). The topological polar surface area (TPSA) is 69.3 Å². The number of nitrogens with one attached hydrogen (secondary N) is 1. The molecule has 29 heavy (non-hydrogen) atoms. The van der Waals surface area contributed by atoms with Crippen LogP contribution in [0, 0.1) is 0 Å². The van der Waals surface area contributed by atoms with Crippen molar-refractivity contribution in [1.29, 1.82) is 0 Å². The van der Waals surface area contributed by atoms with Crippen LogP contribution in [0.2, 0.25) is 0 Å². The lowest BCUT2D eigenvalue weighted by Crippen LogP contribution is -2.46. The predicted molar refractivity (Wildman–Crippen MR) is 109 cm³/mol. The Balaban J connectivity index is 1.79. The van der Waals surface area contributed by atoms with Crippen molar-refractivity contribution in [2.75, 3.05) is 39.8 Å². The second-order valence-corrected chi connectivity index (χ2v) is 7.13. The van der Waals surface area contributed by atoms with Gasteiger partial charge in [0.1, 0.15) is 11.9 Å². The number of anilines is 1. The highest BCUT2D eigenvalue weighted by Gasteiger charge is 2.37. The first-order chi connectivity index (χ1) is 14.2. The summed E-state index contributed by atoms with van der Waals surface area (Å²) >= 11 is 0. The van der Waals surface area contributed by atoms with Gasteiger partial charge in [0.25, 0.3) is 5.91 Å². The first-order valence-corrected chi connectivity index (χ1v) is 9.74. The molecule has 2 aliphatic rings. The van der Waals surface area contributed by atoms with Gasteiger partial charge in [-0.3, -0.25) is 4.79 Å². The molecule has 0 unspecified atom stereocenters. The Bertz CT molecular complexity index is 895. The van der Waals surface area contributed by atoms with E-state index in [-0.39, 0.29) is 12.0 Å². The molecule has 0 aromatic heterocycles. The van der Waals surface area contributed by atoms with Crippen molar-refractivity contribution >= 4 is 11.6 Å². The van der Waals surface area contributed by atoms with Crippen molar-refractivity contribution in [3.05, 3.63) is 47.5 Å². The fourth-order valence-corrected chi connectivity index (χ4v) is 4.00. The van der Waals surface area contributed by atoms with Gasteiger partial charge in [0.15, 0.2) is 11.5 Å². The van der Waals surface area contributed by atoms with Gasteiger partial charge in [-0.15, -0.1) is 0 Å². The van der Waals surface area contributed by atoms with Crippen LogP contribution >= 0.6 is 0 Å². The number of hydrogen-bond acceptors (Lipinski definition) is 6. The zero-order valence-electron chi connectivity index (χ0n) is 16.9. The lowest BCUT2D eigenvalue weighted by atomic mass is 10.0. The number of methoxy groups -OCH3 is 3. The Morgan fingerprint density at radius 2 is 1.79 bits per heavy atom. The highest BCUT2D eigenvalue weighted by molar-refractivity contribution is 6.01. The van der Waals surface area contributed by atoms with Gasteiger partial charge in [-0.2, -0.15) is 0 Å². The molecular formula is C22H26N2O5. The summed E-state index contributed by atoms with van der Waals surface area (Å²) in [5.41, 5.74) is 2.25. The maximum absolute atomic E-state index is 13.4. The van der Waals surface area contributed by atoms with Crippen LogP contribution in [0.3, 0.4) is 0 Å². The number of carbonyl (C=O) groups is 1. The van der Waals surface area contributed by atoms with Crippen LogP contribution in [0.25, 0.3) is 0 Å². The van der Waals surface area contributed by atoms with E-state index in [0.29, 0.717) is 29.4 Å². The molecule has 7 nitrogen and oxygen atoms in total. The van der Waals surface area contributed by atoms with Crippen molar-refractivity contribution < 1.29 is 23.7 Å². The summed E-state index contributed by atoms with van der Waals surface area (Å²) in [6, 6.07) is 11.2. The van der Waals surface area contributed by atoms with Crippen LogP contribution in [-0.2, 0) is 4.74 Å². The molecule has 1 N–H and O–H groups in total. The predicted octanol–water partition coefficient (Wildman–Crippen LogP) is 3.46. The Morgan fingerprint density at radius 1 is 1.07 bits per heavy atom. The first-order valence-electron chi connectivity index (χ1n) is 9.74. The number of carbonyl (C=O) groups excluding carboxylic acids is 1. The smallest absolute Gasteiger partial charge is 0.257 e. The zero-order chi connectivity index (χ0) is 20.4. The van der Waals surface area contributed by atoms with E-state index in [1.54, 1.807) is 27.4 Å². The molecule has 1 amide bonds. The van der Waals surface area contributed by atoms with Crippen LogP contribution in [-0.4, -0.2) is 51.4 Å². The molecule has 2 heterocycles. The molecule has 0 spiro atoms. The van der Waals surface area contributed by atoms with Crippen LogP contribution in [0.15, 0.2) is 36.4 Å². The van der Waals surface area contributed by atoms with Gasteiger partial charge in [0.2, 0.25) is 0 Å². The van der Waals surface area contributed by atoms with E-state index < -0.39 is 6.17 Å². The van der Waals surface area contributed by atoms with E-state index in [1.165, 1.54) is 0 Å². The highest BCUT2D eigenvalue weighted by Crippen LogP contribution is 2.42. The molecule has 1 saturated heterocycles. The summed E-state index contributed by atoms with van der Waals surface area (Å²) in [5, 5.41) is 3.50. The van der Waals surface area contributed by atoms with E-state index in [1.807, 2.05) is 35.2 Å². The third-order valence-electron chi connectivity index (χ3n) is 5.48. The third-order valence-corrected chi connectivity index (χ3v) is 5.48. The van der Waals surface area contributed by atoms with Gasteiger partial charge in [-0.05, 0) is 31.0 Å². The summed E-state index contributed by atoms with van der Waals surface area (Å²) in [7, 11) is 4.78. The molecule has 0 saturated carbocycles. The number of rotatable bonds is 6. The largest absolute Gasteiger partial charge is 0.496 e. The quantitative estimate of drug-likeness (QED) is 0.804. The Labute approximate surface area is 170 Å².